The number of rotatable bonds is 9. The van der Waals surface area contributed by atoms with Crippen LogP contribution in [0.5, 0.6) is 0 Å². The molecule has 0 heterocycles. The van der Waals surface area contributed by atoms with Crippen molar-refractivity contribution in [2.45, 2.75) is 53.0 Å². The van der Waals surface area contributed by atoms with Gasteiger partial charge in [-0.3, -0.25) is 9.59 Å². The Morgan fingerprint density at radius 1 is 1.03 bits per heavy atom. The number of likely N-dealkylation sites (N-methyl/N-ethyl adjacent to an activating group) is 1. The molecule has 0 aliphatic heterocycles. The van der Waals surface area contributed by atoms with Crippen molar-refractivity contribution in [3.8, 4) is 0 Å². The van der Waals surface area contributed by atoms with Gasteiger partial charge in [-0.1, -0.05) is 55.0 Å². The van der Waals surface area contributed by atoms with Gasteiger partial charge in [-0.2, -0.15) is 0 Å². The molecule has 2 rings (SSSR count). The number of nitrogens with one attached hydrogen (secondary N) is 3. The van der Waals surface area contributed by atoms with E-state index in [1.54, 1.807) is 0 Å². The first-order valence-corrected chi connectivity index (χ1v) is 10.8. The molecule has 0 aliphatic rings. The van der Waals surface area contributed by atoms with E-state index >= 15 is 0 Å². The van der Waals surface area contributed by atoms with Gasteiger partial charge in [0.1, 0.15) is 0 Å². The molecule has 0 bridgehead atoms. The zero-order valence-electron chi connectivity index (χ0n) is 19.1. The monoisotopic (exact) mass is 410 g/mol. The lowest BCUT2D eigenvalue weighted by atomic mass is 9.96. The molecule has 3 atom stereocenters. The van der Waals surface area contributed by atoms with E-state index in [1.165, 1.54) is 11.1 Å². The van der Waals surface area contributed by atoms with Crippen LogP contribution in [-0.2, 0) is 9.59 Å². The molecule has 0 fully saturated rings. The lowest BCUT2D eigenvalue weighted by molar-refractivity contribution is -0.885. The minimum atomic E-state index is -0.316. The van der Waals surface area contributed by atoms with Gasteiger partial charge in [0, 0.05) is 18.2 Å². The van der Waals surface area contributed by atoms with Gasteiger partial charge in [0.05, 0.1) is 7.05 Å². The number of quaternary nitrogens is 1. The Morgan fingerprint density at radius 2 is 1.63 bits per heavy atom. The first-order valence-electron chi connectivity index (χ1n) is 10.8. The molecule has 5 heteroatoms. The fourth-order valence-electron chi connectivity index (χ4n) is 3.79. The van der Waals surface area contributed by atoms with Gasteiger partial charge in [0.25, 0.3) is 11.8 Å². The number of carbonyl (C=O) groups excluding carboxylic acids is 2. The highest BCUT2D eigenvalue weighted by Gasteiger charge is 2.25. The average Bonchev–Trinajstić information content (AvgIpc) is 2.71. The molecule has 3 N–H and O–H groups in total. The number of benzene rings is 2. The number of hydrogen-bond acceptors (Lipinski definition) is 2. The van der Waals surface area contributed by atoms with Crippen molar-refractivity contribution >= 4 is 17.5 Å². The average molecular weight is 411 g/mol. The zero-order chi connectivity index (χ0) is 22.3. The van der Waals surface area contributed by atoms with E-state index in [1.807, 2.05) is 52.9 Å². The predicted molar refractivity (Wildman–Crippen MR) is 123 cm³/mol. The highest BCUT2D eigenvalue weighted by atomic mass is 16.2. The van der Waals surface area contributed by atoms with Gasteiger partial charge in [-0.15, -0.1) is 0 Å². The Labute approximate surface area is 180 Å². The fourth-order valence-corrected chi connectivity index (χ4v) is 3.79. The molecule has 2 amide bonds. The highest BCUT2D eigenvalue weighted by Crippen LogP contribution is 2.21. The van der Waals surface area contributed by atoms with E-state index in [2.05, 4.69) is 41.8 Å². The fraction of sp³-hybridized carbons (Fsp3) is 0.440. The van der Waals surface area contributed by atoms with E-state index in [4.69, 9.17) is 0 Å². The van der Waals surface area contributed by atoms with Crippen LogP contribution in [0.15, 0.2) is 42.5 Å². The molecule has 0 aliphatic carbocycles. The molecule has 0 radical (unpaired) electrons. The normalized spacial score (nSPS) is 13.9. The Hall–Kier alpha value is -2.66. The van der Waals surface area contributed by atoms with Crippen LogP contribution < -0.4 is 15.5 Å². The van der Waals surface area contributed by atoms with Crippen LogP contribution in [0.3, 0.4) is 0 Å². The van der Waals surface area contributed by atoms with Gasteiger partial charge in [-0.05, 0) is 50.8 Å². The van der Waals surface area contributed by atoms with Gasteiger partial charge < -0.3 is 15.5 Å². The smallest absolute Gasteiger partial charge is 0.279 e. The van der Waals surface area contributed by atoms with Crippen LogP contribution in [-0.4, -0.2) is 38.0 Å². The van der Waals surface area contributed by atoms with Crippen molar-refractivity contribution in [2.75, 3.05) is 25.5 Å². The third kappa shape index (κ3) is 6.42. The van der Waals surface area contributed by atoms with Crippen molar-refractivity contribution in [3.05, 3.63) is 64.7 Å². The van der Waals surface area contributed by atoms with Gasteiger partial charge in [0.15, 0.2) is 12.6 Å². The molecule has 0 saturated carbocycles. The van der Waals surface area contributed by atoms with E-state index in [9.17, 15) is 9.59 Å². The molecule has 30 heavy (non-hydrogen) atoms. The number of carbonyl (C=O) groups is 2. The predicted octanol–water partition coefficient (Wildman–Crippen LogP) is 2.76. The van der Waals surface area contributed by atoms with Gasteiger partial charge in [-0.25, -0.2) is 0 Å². The summed E-state index contributed by atoms with van der Waals surface area (Å²) in [5.41, 5.74) is 5.38. The SMILES string of the molecule is CC[C@H](CNC(=O)[C@@H](C)[NH+](C)CC(=O)Nc1c(C)cc(C)cc1C)c1ccccc1. The maximum atomic E-state index is 12.7. The molecule has 1 unspecified atom stereocenters. The second kappa shape index (κ2) is 10.9. The van der Waals surface area contributed by atoms with Crippen molar-refractivity contribution in [1.82, 2.24) is 5.32 Å². The number of anilines is 1. The summed E-state index contributed by atoms with van der Waals surface area (Å²) in [6.07, 6.45) is 0.957. The van der Waals surface area contributed by atoms with Crippen LogP contribution in [0.4, 0.5) is 5.69 Å². The van der Waals surface area contributed by atoms with Crippen LogP contribution >= 0.6 is 0 Å². The molecule has 0 saturated heterocycles. The Bertz CT molecular complexity index is 841. The Morgan fingerprint density at radius 3 is 2.20 bits per heavy atom. The van der Waals surface area contributed by atoms with E-state index < -0.39 is 0 Å². The molecule has 5 nitrogen and oxygen atoms in total. The van der Waals surface area contributed by atoms with Crippen LogP contribution in [0.2, 0.25) is 0 Å². The summed E-state index contributed by atoms with van der Waals surface area (Å²) in [6.45, 7) is 10.9. The minimum absolute atomic E-state index is 0.0302. The van der Waals surface area contributed by atoms with Crippen LogP contribution in [0.1, 0.15) is 48.4 Å². The van der Waals surface area contributed by atoms with Crippen LogP contribution in [0, 0.1) is 20.8 Å². The number of hydrogen-bond donors (Lipinski definition) is 3. The molecule has 0 aromatic heterocycles. The third-order valence-electron chi connectivity index (χ3n) is 5.80. The van der Waals surface area contributed by atoms with E-state index in [0.29, 0.717) is 12.5 Å². The number of amides is 2. The molecule has 2 aromatic rings. The largest absolute Gasteiger partial charge is 0.350 e. The summed E-state index contributed by atoms with van der Waals surface area (Å²) < 4.78 is 0. The standard InChI is InChI=1S/C25H35N3O2/c1-7-21(22-11-9-8-10-12-22)15-26-25(30)20(5)28(6)16-23(29)27-24-18(3)13-17(2)14-19(24)4/h8-14,20-21H,7,15-16H2,1-6H3,(H,26,30)(H,27,29)/p+1/t20-,21-/m1/s1. The van der Waals surface area contributed by atoms with Crippen molar-refractivity contribution in [1.29, 1.82) is 0 Å². The van der Waals surface area contributed by atoms with Crippen molar-refractivity contribution in [2.24, 2.45) is 0 Å². The summed E-state index contributed by atoms with van der Waals surface area (Å²) in [7, 11) is 1.88. The second-order valence-corrected chi connectivity index (χ2v) is 8.33. The molecule has 2 aromatic carbocycles. The maximum Gasteiger partial charge on any atom is 0.279 e. The summed E-state index contributed by atoms with van der Waals surface area (Å²) in [5, 5.41) is 6.09. The Balaban J connectivity index is 1.89. The van der Waals surface area contributed by atoms with E-state index in [0.717, 1.165) is 28.1 Å². The maximum absolute atomic E-state index is 12.7. The Kier molecular flexibility index (Phi) is 8.60. The highest BCUT2D eigenvalue weighted by molar-refractivity contribution is 5.93. The topological polar surface area (TPSA) is 62.6 Å². The first-order chi connectivity index (χ1) is 14.2. The lowest BCUT2D eigenvalue weighted by Gasteiger charge is -2.23. The van der Waals surface area contributed by atoms with Gasteiger partial charge in [0.2, 0.25) is 0 Å². The quantitative estimate of drug-likeness (QED) is 0.595. The lowest BCUT2D eigenvalue weighted by Crippen LogP contribution is -3.15. The zero-order valence-corrected chi connectivity index (χ0v) is 19.1. The molecular weight excluding hydrogens is 374 g/mol. The first kappa shape index (κ1) is 23.6. The van der Waals surface area contributed by atoms with Crippen LogP contribution in [0.25, 0.3) is 0 Å². The molecule has 162 valence electrons. The molecule has 0 spiro atoms. The summed E-state index contributed by atoms with van der Waals surface area (Å²) in [5.74, 6) is 0.175. The second-order valence-electron chi connectivity index (χ2n) is 8.33. The minimum Gasteiger partial charge on any atom is -0.350 e. The summed E-state index contributed by atoms with van der Waals surface area (Å²) in [6, 6.07) is 14.1. The third-order valence-corrected chi connectivity index (χ3v) is 5.80. The number of aryl methyl sites for hydroxylation is 3. The molecular formula is C25H36N3O2+. The van der Waals surface area contributed by atoms with Gasteiger partial charge >= 0.3 is 0 Å². The summed E-state index contributed by atoms with van der Waals surface area (Å²) >= 11 is 0. The van der Waals surface area contributed by atoms with E-state index in [-0.39, 0.29) is 24.4 Å². The van der Waals surface area contributed by atoms with Crippen molar-refractivity contribution < 1.29 is 14.5 Å². The summed E-state index contributed by atoms with van der Waals surface area (Å²) in [4.78, 5) is 26.1. The van der Waals surface area contributed by atoms with Crippen molar-refractivity contribution in [3.63, 3.8) is 0 Å².